The third-order valence-corrected chi connectivity index (χ3v) is 11.8. The minimum Gasteiger partial charge on any atom is -0.310 e. The Kier molecular flexibility index (Phi) is 6.16. The van der Waals surface area contributed by atoms with Crippen molar-refractivity contribution in [2.45, 2.75) is 19.3 Å². The van der Waals surface area contributed by atoms with Crippen LogP contribution >= 0.6 is 11.3 Å². The Morgan fingerprint density at radius 2 is 1.10 bits per heavy atom. The predicted molar refractivity (Wildman–Crippen MR) is 212 cm³/mol. The number of thiophene rings is 1. The molecule has 0 saturated carbocycles. The first kappa shape index (κ1) is 28.3. The molecule has 1 heterocycles. The van der Waals surface area contributed by atoms with Gasteiger partial charge < -0.3 is 4.90 Å². The van der Waals surface area contributed by atoms with Crippen molar-refractivity contribution in [3.8, 4) is 22.3 Å². The summed E-state index contributed by atoms with van der Waals surface area (Å²) in [5.41, 5.74) is 11.3. The van der Waals surface area contributed by atoms with Gasteiger partial charge in [-0.05, 0) is 98.1 Å². The van der Waals surface area contributed by atoms with E-state index < -0.39 is 0 Å². The molecule has 0 bridgehead atoms. The third kappa shape index (κ3) is 4.31. The Labute approximate surface area is 290 Å². The van der Waals surface area contributed by atoms with Crippen LogP contribution in [0.3, 0.4) is 0 Å². The van der Waals surface area contributed by atoms with Gasteiger partial charge in [0.05, 0.1) is 0 Å². The van der Waals surface area contributed by atoms with Crippen LogP contribution < -0.4 is 4.90 Å². The molecular weight excluding hydrogens is 611 g/mol. The smallest absolute Gasteiger partial charge is 0.0465 e. The van der Waals surface area contributed by atoms with Crippen molar-refractivity contribution in [2.75, 3.05) is 4.90 Å². The summed E-state index contributed by atoms with van der Waals surface area (Å²) in [6.45, 7) is 4.70. The number of hydrogen-bond acceptors (Lipinski definition) is 2. The van der Waals surface area contributed by atoms with Gasteiger partial charge in [0.25, 0.3) is 0 Å². The maximum atomic E-state index is 2.40. The average molecular weight is 644 g/mol. The molecule has 0 radical (unpaired) electrons. The molecule has 1 aliphatic rings. The lowest BCUT2D eigenvalue weighted by atomic mass is 9.82. The first-order valence-electron chi connectivity index (χ1n) is 17.0. The van der Waals surface area contributed by atoms with E-state index in [0.717, 1.165) is 11.4 Å². The average Bonchev–Trinajstić information content (AvgIpc) is 3.64. The Bertz CT molecular complexity index is 2730. The summed E-state index contributed by atoms with van der Waals surface area (Å²) in [6, 6.07) is 60.5. The molecule has 0 spiro atoms. The van der Waals surface area contributed by atoms with Crippen molar-refractivity contribution in [1.82, 2.24) is 0 Å². The molecule has 1 aliphatic carbocycles. The summed E-state index contributed by atoms with van der Waals surface area (Å²) >= 11 is 1.91. The topological polar surface area (TPSA) is 3.24 Å². The number of rotatable bonds is 4. The second kappa shape index (κ2) is 10.7. The van der Waals surface area contributed by atoms with E-state index in [4.69, 9.17) is 0 Å². The van der Waals surface area contributed by atoms with Gasteiger partial charge in [-0.1, -0.05) is 129 Å². The van der Waals surface area contributed by atoms with Gasteiger partial charge >= 0.3 is 0 Å². The van der Waals surface area contributed by atoms with E-state index >= 15 is 0 Å². The van der Waals surface area contributed by atoms with Crippen LogP contribution in [0.15, 0.2) is 164 Å². The van der Waals surface area contributed by atoms with Crippen LogP contribution in [0.25, 0.3) is 64.0 Å². The van der Waals surface area contributed by atoms with Gasteiger partial charge in [-0.3, -0.25) is 0 Å². The highest BCUT2D eigenvalue weighted by Gasteiger charge is 2.35. The van der Waals surface area contributed by atoms with E-state index in [1.54, 1.807) is 0 Å². The maximum absolute atomic E-state index is 2.40. The molecule has 0 atom stereocenters. The predicted octanol–water partition coefficient (Wildman–Crippen LogP) is 13.8. The Balaban J connectivity index is 1.05. The number of para-hydroxylation sites is 1. The summed E-state index contributed by atoms with van der Waals surface area (Å²) in [5, 5.41) is 7.93. The molecule has 1 aromatic heterocycles. The monoisotopic (exact) mass is 643 g/mol. The second-order valence-electron chi connectivity index (χ2n) is 13.8. The normalized spacial score (nSPS) is 13.3. The highest BCUT2D eigenvalue weighted by molar-refractivity contribution is 7.26. The molecule has 0 fully saturated rings. The van der Waals surface area contributed by atoms with Gasteiger partial charge in [0.15, 0.2) is 0 Å². The summed E-state index contributed by atoms with van der Waals surface area (Å²) < 4.78 is 2.72. The number of hydrogen-bond donors (Lipinski definition) is 0. The molecular formula is C47H33NS. The van der Waals surface area contributed by atoms with E-state index in [-0.39, 0.29) is 5.41 Å². The minimum absolute atomic E-state index is 0.0572. The van der Waals surface area contributed by atoms with Gasteiger partial charge in [-0.15, -0.1) is 11.3 Å². The zero-order valence-electron chi connectivity index (χ0n) is 27.4. The largest absolute Gasteiger partial charge is 0.310 e. The van der Waals surface area contributed by atoms with Gasteiger partial charge in [0.1, 0.15) is 0 Å². The van der Waals surface area contributed by atoms with Crippen molar-refractivity contribution in [1.29, 1.82) is 0 Å². The van der Waals surface area contributed by atoms with E-state index in [2.05, 4.69) is 183 Å². The molecule has 0 saturated heterocycles. The molecule has 10 rings (SSSR count). The second-order valence-corrected chi connectivity index (χ2v) is 14.8. The number of nitrogens with zero attached hydrogens (tertiary/aromatic N) is 1. The summed E-state index contributed by atoms with van der Waals surface area (Å²) in [4.78, 5) is 2.38. The number of fused-ring (bicyclic) bond motifs is 10. The minimum atomic E-state index is -0.0572. The molecule has 1 nitrogen and oxygen atoms in total. The van der Waals surface area contributed by atoms with Crippen LogP contribution in [0.1, 0.15) is 25.0 Å². The van der Waals surface area contributed by atoms with Crippen LogP contribution in [0.2, 0.25) is 0 Å². The Morgan fingerprint density at radius 1 is 0.449 bits per heavy atom. The molecule has 2 heteroatoms. The molecule has 8 aromatic carbocycles. The van der Waals surface area contributed by atoms with Crippen molar-refractivity contribution in [3.63, 3.8) is 0 Å². The van der Waals surface area contributed by atoms with Crippen molar-refractivity contribution < 1.29 is 0 Å². The van der Waals surface area contributed by atoms with E-state index in [1.807, 2.05) is 11.3 Å². The zero-order chi connectivity index (χ0) is 32.7. The summed E-state index contributed by atoms with van der Waals surface area (Å²) in [5.74, 6) is 0. The highest BCUT2D eigenvalue weighted by Crippen LogP contribution is 2.50. The van der Waals surface area contributed by atoms with Crippen molar-refractivity contribution in [3.05, 3.63) is 175 Å². The molecule has 0 N–H and O–H groups in total. The first-order chi connectivity index (χ1) is 24.0. The fourth-order valence-electron chi connectivity index (χ4n) is 8.17. The van der Waals surface area contributed by atoms with Crippen molar-refractivity contribution >= 4 is 70.1 Å². The lowest BCUT2D eigenvalue weighted by Crippen LogP contribution is -2.16. The lowest BCUT2D eigenvalue weighted by Gasteiger charge is -2.28. The Morgan fingerprint density at radius 3 is 1.98 bits per heavy atom. The zero-order valence-corrected chi connectivity index (χ0v) is 28.3. The maximum Gasteiger partial charge on any atom is 0.0465 e. The summed E-state index contributed by atoms with van der Waals surface area (Å²) in [6.07, 6.45) is 0. The fraction of sp³-hybridized carbons (Fsp3) is 0.0638. The van der Waals surface area contributed by atoms with Gasteiger partial charge in [0.2, 0.25) is 0 Å². The Hall–Kier alpha value is -5.70. The van der Waals surface area contributed by atoms with Crippen LogP contribution in [-0.2, 0) is 5.41 Å². The lowest BCUT2D eigenvalue weighted by molar-refractivity contribution is 0.660. The third-order valence-electron chi connectivity index (χ3n) is 10.6. The molecule has 9 aromatic rings. The molecule has 232 valence electrons. The number of anilines is 3. The van der Waals surface area contributed by atoms with E-state index in [0.29, 0.717) is 0 Å². The SMILES string of the molecule is CC1(C)c2ccccc2-c2ccc(N(c3ccccc3)c3ccc(-c4ccc5c(ccc6ccc7c8ccccc8sc7c65)c4)cc3)cc21. The van der Waals surface area contributed by atoms with Gasteiger partial charge in [0, 0.05) is 48.0 Å². The first-order valence-corrected chi connectivity index (χ1v) is 17.8. The van der Waals surface area contributed by atoms with Gasteiger partial charge in [-0.2, -0.15) is 0 Å². The molecule has 49 heavy (non-hydrogen) atoms. The van der Waals surface area contributed by atoms with Crippen LogP contribution in [0.5, 0.6) is 0 Å². The van der Waals surface area contributed by atoms with Crippen LogP contribution in [0.4, 0.5) is 17.1 Å². The quantitative estimate of drug-likeness (QED) is 0.173. The molecule has 0 aliphatic heterocycles. The van der Waals surface area contributed by atoms with Gasteiger partial charge in [-0.25, -0.2) is 0 Å². The van der Waals surface area contributed by atoms with E-state index in [1.165, 1.54) is 80.8 Å². The molecule has 0 unspecified atom stereocenters. The standard InChI is InChI=1S/C47H33NS/c1-47(2)42-14-8-6-12-38(42)39-27-24-36(29-43(39)47)48(34-10-4-3-5-11-34)35-22-18-30(19-23-35)32-21-25-37-33(28-32)17-16-31-20-26-41-40-13-7-9-15-44(40)49-46(41)45(31)37/h3-29H,1-2H3. The summed E-state index contributed by atoms with van der Waals surface area (Å²) in [7, 11) is 0. The highest BCUT2D eigenvalue weighted by atomic mass is 32.1. The number of benzene rings is 8. The van der Waals surface area contributed by atoms with Crippen molar-refractivity contribution in [2.24, 2.45) is 0 Å². The van der Waals surface area contributed by atoms with Crippen LogP contribution in [0, 0.1) is 0 Å². The van der Waals surface area contributed by atoms with E-state index in [9.17, 15) is 0 Å². The van der Waals surface area contributed by atoms with Crippen LogP contribution in [-0.4, -0.2) is 0 Å². The molecule has 0 amide bonds. The fourth-order valence-corrected chi connectivity index (χ4v) is 9.44.